The zero-order chi connectivity index (χ0) is 15.0. The van der Waals surface area contributed by atoms with E-state index in [1.807, 2.05) is 0 Å². The molecule has 1 aromatic rings. The zero-order valence-electron chi connectivity index (χ0n) is 12.7. The Balaban J connectivity index is 1.77. The fourth-order valence-corrected chi connectivity index (χ4v) is 4.32. The molecule has 0 unspecified atom stereocenters. The normalized spacial score (nSPS) is 20.0. The number of nitrogens with zero attached hydrogens (tertiary/aromatic N) is 2. The minimum atomic E-state index is -3.46. The zero-order valence-corrected chi connectivity index (χ0v) is 13.5. The average Bonchev–Trinajstić information content (AvgIpc) is 3.13. The molecule has 6 nitrogen and oxygen atoms in total. The van der Waals surface area contributed by atoms with Crippen LogP contribution in [0.4, 0.5) is 0 Å². The van der Waals surface area contributed by atoms with Gasteiger partial charge in [0, 0.05) is 26.2 Å². The molecule has 0 radical (unpaired) electrons. The van der Waals surface area contributed by atoms with E-state index in [2.05, 4.69) is 15.5 Å². The highest BCUT2D eigenvalue weighted by atomic mass is 32.2. The van der Waals surface area contributed by atoms with Crippen LogP contribution in [0, 0.1) is 12.8 Å². The van der Waals surface area contributed by atoms with Gasteiger partial charge in [0.15, 0.2) is 0 Å². The van der Waals surface area contributed by atoms with Crippen molar-refractivity contribution in [2.75, 3.05) is 13.6 Å². The first-order valence-corrected chi connectivity index (χ1v) is 9.16. The topological polar surface area (TPSA) is 78.1 Å². The van der Waals surface area contributed by atoms with Gasteiger partial charge in [-0.05, 0) is 38.5 Å². The molecule has 21 heavy (non-hydrogen) atoms. The summed E-state index contributed by atoms with van der Waals surface area (Å²) in [7, 11) is -1.78. The minimum absolute atomic E-state index is 0.359. The first-order chi connectivity index (χ1) is 9.98. The van der Waals surface area contributed by atoms with Crippen LogP contribution in [-0.4, -0.2) is 42.6 Å². The van der Waals surface area contributed by atoms with Crippen LogP contribution in [0.1, 0.15) is 43.5 Å². The Morgan fingerprint density at radius 2 is 2.05 bits per heavy atom. The molecule has 2 aliphatic rings. The van der Waals surface area contributed by atoms with Crippen molar-refractivity contribution in [3.8, 4) is 0 Å². The predicted molar refractivity (Wildman–Crippen MR) is 80.3 cm³/mol. The molecule has 0 amide bonds. The Bertz CT molecular complexity index is 602. The highest BCUT2D eigenvalue weighted by Crippen LogP contribution is 2.30. The third kappa shape index (κ3) is 3.14. The van der Waals surface area contributed by atoms with Crippen LogP contribution in [0.2, 0.25) is 0 Å². The summed E-state index contributed by atoms with van der Waals surface area (Å²) in [6, 6.07) is 0.533. The molecule has 1 aromatic heterocycles. The van der Waals surface area contributed by atoms with Gasteiger partial charge in [0.05, 0.1) is 11.4 Å². The maximum atomic E-state index is 12.8. The van der Waals surface area contributed by atoms with Gasteiger partial charge >= 0.3 is 0 Å². The molecule has 0 saturated heterocycles. The van der Waals surface area contributed by atoms with Gasteiger partial charge in [0.25, 0.3) is 0 Å². The monoisotopic (exact) mass is 312 g/mol. The average molecular weight is 312 g/mol. The molecule has 118 valence electrons. The Kier molecular flexibility index (Phi) is 4.07. The first kappa shape index (κ1) is 15.0. The second kappa shape index (κ2) is 5.70. The third-order valence-corrected chi connectivity index (χ3v) is 6.53. The van der Waals surface area contributed by atoms with Crippen molar-refractivity contribution in [1.29, 1.82) is 0 Å². The molecule has 2 N–H and O–H groups in total. The Labute approximate surface area is 126 Å². The van der Waals surface area contributed by atoms with Gasteiger partial charge in [0.1, 0.15) is 4.90 Å². The highest BCUT2D eigenvalue weighted by molar-refractivity contribution is 7.89. The summed E-state index contributed by atoms with van der Waals surface area (Å²) in [5.41, 5.74) is 1.24. The fraction of sp³-hybridized carbons (Fsp3) is 0.786. The minimum Gasteiger partial charge on any atom is -0.308 e. The van der Waals surface area contributed by atoms with E-state index >= 15 is 0 Å². The van der Waals surface area contributed by atoms with Crippen molar-refractivity contribution in [2.45, 2.75) is 56.5 Å². The molecule has 2 saturated carbocycles. The standard InChI is InChI=1S/C14H24N4O2S/c1-10-14(13(17-16-10)8-15-12-6-7-12)21(19,20)18(2)9-11-4-3-5-11/h11-12,15H,3-9H2,1-2H3,(H,16,17). The van der Waals surface area contributed by atoms with E-state index in [1.54, 1.807) is 14.0 Å². The van der Waals surface area contributed by atoms with Crippen LogP contribution in [0.15, 0.2) is 4.90 Å². The molecule has 0 bridgehead atoms. The Hall–Kier alpha value is -0.920. The van der Waals surface area contributed by atoms with Crippen molar-refractivity contribution in [3.05, 3.63) is 11.4 Å². The smallest absolute Gasteiger partial charge is 0.246 e. The molecule has 3 rings (SSSR count). The van der Waals surface area contributed by atoms with Crippen molar-refractivity contribution in [2.24, 2.45) is 5.92 Å². The van der Waals surface area contributed by atoms with Crippen molar-refractivity contribution < 1.29 is 8.42 Å². The fourth-order valence-electron chi connectivity index (χ4n) is 2.75. The van der Waals surface area contributed by atoms with E-state index in [9.17, 15) is 8.42 Å². The van der Waals surface area contributed by atoms with E-state index in [0.717, 1.165) is 12.8 Å². The van der Waals surface area contributed by atoms with Crippen LogP contribution in [0.25, 0.3) is 0 Å². The number of aryl methyl sites for hydroxylation is 1. The summed E-state index contributed by atoms with van der Waals surface area (Å²) in [5, 5.41) is 10.3. The first-order valence-electron chi connectivity index (χ1n) is 7.72. The summed E-state index contributed by atoms with van der Waals surface area (Å²) in [5.74, 6) is 0.519. The predicted octanol–water partition coefficient (Wildman–Crippen LogP) is 1.39. The summed E-state index contributed by atoms with van der Waals surface area (Å²) in [4.78, 5) is 0.359. The lowest BCUT2D eigenvalue weighted by atomic mass is 9.86. The molecule has 0 spiro atoms. The van der Waals surface area contributed by atoms with Gasteiger partial charge in [-0.15, -0.1) is 0 Å². The highest BCUT2D eigenvalue weighted by Gasteiger charge is 2.32. The van der Waals surface area contributed by atoms with Gasteiger partial charge in [-0.1, -0.05) is 6.42 Å². The molecule has 2 aliphatic carbocycles. The second-order valence-corrected chi connectivity index (χ2v) is 8.34. The number of sulfonamides is 1. The van der Waals surface area contributed by atoms with Gasteiger partial charge < -0.3 is 5.32 Å². The van der Waals surface area contributed by atoms with Crippen LogP contribution < -0.4 is 5.32 Å². The van der Waals surface area contributed by atoms with Gasteiger partial charge in [-0.25, -0.2) is 12.7 Å². The summed E-state index contributed by atoms with van der Waals surface area (Å²) >= 11 is 0. The van der Waals surface area contributed by atoms with Crippen molar-refractivity contribution in [3.63, 3.8) is 0 Å². The van der Waals surface area contributed by atoms with E-state index < -0.39 is 10.0 Å². The van der Waals surface area contributed by atoms with E-state index in [4.69, 9.17) is 0 Å². The van der Waals surface area contributed by atoms with Crippen molar-refractivity contribution in [1.82, 2.24) is 19.8 Å². The maximum Gasteiger partial charge on any atom is 0.246 e. The van der Waals surface area contributed by atoms with Gasteiger partial charge in [0.2, 0.25) is 10.0 Å². The summed E-state index contributed by atoms with van der Waals surface area (Å²) in [6.45, 7) is 2.90. The van der Waals surface area contributed by atoms with Gasteiger partial charge in [-0.3, -0.25) is 5.10 Å². The van der Waals surface area contributed by atoms with Gasteiger partial charge in [-0.2, -0.15) is 5.10 Å². The second-order valence-electron chi connectivity index (χ2n) is 6.36. The van der Waals surface area contributed by atoms with Crippen LogP contribution in [0.5, 0.6) is 0 Å². The van der Waals surface area contributed by atoms with Crippen LogP contribution in [0.3, 0.4) is 0 Å². The molecule has 7 heteroatoms. The number of hydrogen-bond donors (Lipinski definition) is 2. The molecular weight excluding hydrogens is 288 g/mol. The molecule has 2 fully saturated rings. The maximum absolute atomic E-state index is 12.8. The van der Waals surface area contributed by atoms with E-state index in [1.165, 1.54) is 23.6 Å². The largest absolute Gasteiger partial charge is 0.308 e. The Morgan fingerprint density at radius 1 is 1.33 bits per heavy atom. The lowest BCUT2D eigenvalue weighted by molar-refractivity contribution is 0.263. The molecule has 1 heterocycles. The number of nitrogens with one attached hydrogen (secondary N) is 2. The Morgan fingerprint density at radius 3 is 2.62 bits per heavy atom. The third-order valence-electron chi connectivity index (χ3n) is 4.51. The van der Waals surface area contributed by atoms with Crippen LogP contribution >= 0.6 is 0 Å². The number of aromatic amines is 1. The molecule has 0 atom stereocenters. The number of H-pyrrole nitrogens is 1. The summed E-state index contributed by atoms with van der Waals surface area (Å²) < 4.78 is 27.1. The van der Waals surface area contributed by atoms with E-state index in [-0.39, 0.29) is 0 Å². The molecule has 0 aromatic carbocycles. The number of rotatable bonds is 7. The quantitative estimate of drug-likeness (QED) is 0.797. The number of hydrogen-bond acceptors (Lipinski definition) is 4. The summed E-state index contributed by atoms with van der Waals surface area (Å²) in [6.07, 6.45) is 5.85. The lowest BCUT2D eigenvalue weighted by Crippen LogP contribution is -2.35. The van der Waals surface area contributed by atoms with Crippen molar-refractivity contribution >= 4 is 10.0 Å². The molecule has 0 aliphatic heterocycles. The van der Waals surface area contributed by atoms with E-state index in [0.29, 0.717) is 41.3 Å². The SMILES string of the molecule is Cc1[nH]nc(CNC2CC2)c1S(=O)(=O)N(C)CC1CCC1. The number of aromatic nitrogens is 2. The molecular formula is C14H24N4O2S. The lowest BCUT2D eigenvalue weighted by Gasteiger charge is -2.29. The van der Waals surface area contributed by atoms with Crippen LogP contribution in [-0.2, 0) is 16.6 Å².